The van der Waals surface area contributed by atoms with Gasteiger partial charge in [-0.15, -0.1) is 0 Å². The van der Waals surface area contributed by atoms with Crippen molar-refractivity contribution in [2.24, 2.45) is 0 Å². The molecule has 1 aromatic carbocycles. The van der Waals surface area contributed by atoms with E-state index in [0.29, 0.717) is 19.0 Å². The van der Waals surface area contributed by atoms with Crippen molar-refractivity contribution in [1.29, 1.82) is 0 Å². The molecule has 1 aliphatic rings. The molecule has 1 atom stereocenters. The first kappa shape index (κ1) is 22.6. The van der Waals surface area contributed by atoms with Crippen molar-refractivity contribution in [3.8, 4) is 0 Å². The number of rotatable bonds is 7. The predicted octanol–water partition coefficient (Wildman–Crippen LogP) is 2.23. The second kappa shape index (κ2) is 8.79. The zero-order valence-electron chi connectivity index (χ0n) is 16.2. The van der Waals surface area contributed by atoms with Crippen LogP contribution in [-0.4, -0.2) is 63.9 Å². The average Bonchev–Trinajstić information content (AvgIpc) is 3.05. The van der Waals surface area contributed by atoms with Crippen molar-refractivity contribution in [3.63, 3.8) is 0 Å². The molecule has 1 saturated heterocycles. The fraction of sp³-hybridized carbons (Fsp3) is 0.611. The minimum absolute atomic E-state index is 0.0254. The summed E-state index contributed by atoms with van der Waals surface area (Å²) in [6, 6.07) is 2.78. The molecule has 2 rings (SSSR count). The van der Waals surface area contributed by atoms with E-state index in [9.17, 15) is 26.4 Å². The Morgan fingerprint density at radius 2 is 2.00 bits per heavy atom. The predicted molar refractivity (Wildman–Crippen MR) is 99.3 cm³/mol. The first-order valence-corrected chi connectivity index (χ1v) is 10.5. The van der Waals surface area contributed by atoms with Crippen LogP contribution in [0.15, 0.2) is 23.1 Å². The summed E-state index contributed by atoms with van der Waals surface area (Å²) >= 11 is 0. The summed E-state index contributed by atoms with van der Waals surface area (Å²) in [7, 11) is -0.646. The van der Waals surface area contributed by atoms with Crippen LogP contribution in [0.4, 0.5) is 13.2 Å². The first-order chi connectivity index (χ1) is 12.9. The Morgan fingerprint density at radius 3 is 2.61 bits per heavy atom. The van der Waals surface area contributed by atoms with Gasteiger partial charge in [0.1, 0.15) is 0 Å². The number of likely N-dealkylation sites (tertiary alicyclic amines) is 1. The van der Waals surface area contributed by atoms with Gasteiger partial charge in [0, 0.05) is 27.2 Å². The smallest absolute Gasteiger partial charge is 0.347 e. The van der Waals surface area contributed by atoms with Gasteiger partial charge in [0.05, 0.1) is 16.5 Å². The summed E-state index contributed by atoms with van der Waals surface area (Å²) < 4.78 is 66.0. The molecule has 0 radical (unpaired) electrons. The van der Waals surface area contributed by atoms with Crippen molar-refractivity contribution >= 4 is 15.9 Å². The Labute approximate surface area is 163 Å². The maximum Gasteiger partial charge on any atom is 0.416 e. The largest absolute Gasteiger partial charge is 0.416 e. The van der Waals surface area contributed by atoms with Crippen LogP contribution in [0.3, 0.4) is 0 Å². The summed E-state index contributed by atoms with van der Waals surface area (Å²) in [5.41, 5.74) is -0.991. The number of nitrogens with one attached hydrogen (secondary N) is 1. The second-order valence-electron chi connectivity index (χ2n) is 7.15. The highest BCUT2D eigenvalue weighted by Gasteiger charge is 2.34. The fourth-order valence-corrected chi connectivity index (χ4v) is 4.42. The van der Waals surface area contributed by atoms with Gasteiger partial charge < -0.3 is 4.90 Å². The van der Waals surface area contributed by atoms with Gasteiger partial charge in [-0.25, -0.2) is 13.1 Å². The third-order valence-corrected chi connectivity index (χ3v) is 6.29. The number of aryl methyl sites for hydroxylation is 1. The Morgan fingerprint density at radius 1 is 1.32 bits per heavy atom. The van der Waals surface area contributed by atoms with Gasteiger partial charge in [0.2, 0.25) is 15.9 Å². The highest BCUT2D eigenvalue weighted by atomic mass is 32.2. The van der Waals surface area contributed by atoms with Crippen LogP contribution < -0.4 is 4.72 Å². The van der Waals surface area contributed by atoms with Gasteiger partial charge in [-0.1, -0.05) is 6.07 Å². The molecule has 0 bridgehead atoms. The van der Waals surface area contributed by atoms with Crippen LogP contribution in [0.1, 0.15) is 30.4 Å². The number of hydrogen-bond donors (Lipinski definition) is 1. The molecule has 1 N–H and O–H groups in total. The van der Waals surface area contributed by atoms with Gasteiger partial charge in [0.25, 0.3) is 0 Å². The van der Waals surface area contributed by atoms with Crippen LogP contribution in [0.5, 0.6) is 0 Å². The number of carbonyl (C=O) groups is 1. The maximum absolute atomic E-state index is 13.0. The molecule has 0 aromatic heterocycles. The maximum atomic E-state index is 13.0. The number of benzene rings is 1. The van der Waals surface area contributed by atoms with Gasteiger partial charge in [0.15, 0.2) is 0 Å². The molecular formula is C18H26F3N3O3S. The van der Waals surface area contributed by atoms with Crippen molar-refractivity contribution in [3.05, 3.63) is 29.3 Å². The Bertz CT molecular complexity index is 810. The Kier molecular flexibility index (Phi) is 7.11. The number of hydrogen-bond acceptors (Lipinski definition) is 4. The standard InChI is InChI=1S/C18H26F3N3O3S/c1-13-7-8-14(12-15(13)18(19,20)21)28(26,27)22-9-5-11-24-10-4-6-16(24)17(25)23(2)3/h7-8,12,16,22H,4-6,9-11H2,1-3H3. The lowest BCUT2D eigenvalue weighted by atomic mass is 10.1. The van der Waals surface area contributed by atoms with Crippen LogP contribution in [-0.2, 0) is 21.0 Å². The highest BCUT2D eigenvalue weighted by Crippen LogP contribution is 2.33. The van der Waals surface area contributed by atoms with Gasteiger partial charge in [-0.05, 0) is 50.4 Å². The molecule has 158 valence electrons. The topological polar surface area (TPSA) is 69.7 Å². The lowest BCUT2D eigenvalue weighted by Gasteiger charge is -2.26. The molecule has 0 saturated carbocycles. The molecule has 1 amide bonds. The average molecular weight is 421 g/mol. The van der Waals surface area contributed by atoms with E-state index in [2.05, 4.69) is 4.72 Å². The van der Waals surface area contributed by atoms with Crippen molar-refractivity contribution in [2.45, 2.75) is 43.3 Å². The number of halogens is 3. The molecule has 28 heavy (non-hydrogen) atoms. The summed E-state index contributed by atoms with van der Waals surface area (Å²) in [6.45, 7) is 2.67. The van der Waals surface area contributed by atoms with Crippen molar-refractivity contribution in [2.75, 3.05) is 33.7 Å². The number of alkyl halides is 3. The molecular weight excluding hydrogens is 395 g/mol. The molecule has 0 spiro atoms. The van der Waals surface area contributed by atoms with Crippen LogP contribution in [0, 0.1) is 6.92 Å². The normalized spacial score (nSPS) is 18.4. The molecule has 1 aromatic rings. The third-order valence-electron chi connectivity index (χ3n) is 4.83. The zero-order valence-corrected chi connectivity index (χ0v) is 17.0. The summed E-state index contributed by atoms with van der Waals surface area (Å²) in [4.78, 5) is 15.3. The summed E-state index contributed by atoms with van der Waals surface area (Å²) in [5.74, 6) is 0.0254. The monoisotopic (exact) mass is 421 g/mol. The van der Waals surface area contributed by atoms with E-state index in [-0.39, 0.29) is 24.1 Å². The van der Waals surface area contributed by atoms with E-state index in [1.165, 1.54) is 13.0 Å². The molecule has 1 unspecified atom stereocenters. The van der Waals surface area contributed by atoms with Gasteiger partial charge >= 0.3 is 6.18 Å². The Balaban J connectivity index is 1.95. The lowest BCUT2D eigenvalue weighted by Crippen LogP contribution is -2.43. The molecule has 1 fully saturated rings. The number of likely N-dealkylation sites (N-methyl/N-ethyl adjacent to an activating group) is 1. The number of sulfonamides is 1. The molecule has 10 heteroatoms. The Hall–Kier alpha value is -1.65. The zero-order chi connectivity index (χ0) is 21.1. The molecule has 1 heterocycles. The summed E-state index contributed by atoms with van der Waals surface area (Å²) in [5, 5.41) is 0. The van der Waals surface area contributed by atoms with Crippen LogP contribution >= 0.6 is 0 Å². The quantitative estimate of drug-likeness (QED) is 0.686. The summed E-state index contributed by atoms with van der Waals surface area (Å²) in [6.07, 6.45) is -2.49. The minimum Gasteiger partial charge on any atom is -0.347 e. The van der Waals surface area contributed by atoms with E-state index in [1.807, 2.05) is 4.90 Å². The third kappa shape index (κ3) is 5.45. The number of carbonyl (C=O) groups excluding carboxylic acids is 1. The van der Waals surface area contributed by atoms with Crippen LogP contribution in [0.2, 0.25) is 0 Å². The van der Waals surface area contributed by atoms with Crippen LogP contribution in [0.25, 0.3) is 0 Å². The van der Waals surface area contributed by atoms with Crippen molar-refractivity contribution < 1.29 is 26.4 Å². The minimum atomic E-state index is -4.61. The SMILES string of the molecule is Cc1ccc(S(=O)(=O)NCCCN2CCCC2C(=O)N(C)C)cc1C(F)(F)F. The van der Waals surface area contributed by atoms with E-state index in [0.717, 1.165) is 25.5 Å². The van der Waals surface area contributed by atoms with E-state index in [4.69, 9.17) is 0 Å². The fourth-order valence-electron chi connectivity index (χ4n) is 3.32. The first-order valence-electron chi connectivity index (χ1n) is 9.06. The number of nitrogens with zero attached hydrogens (tertiary/aromatic N) is 2. The molecule has 0 aliphatic carbocycles. The van der Waals surface area contributed by atoms with E-state index >= 15 is 0 Å². The van der Waals surface area contributed by atoms with Gasteiger partial charge in [-0.3, -0.25) is 9.69 Å². The number of amides is 1. The molecule has 1 aliphatic heterocycles. The van der Waals surface area contributed by atoms with E-state index in [1.54, 1.807) is 19.0 Å². The van der Waals surface area contributed by atoms with Gasteiger partial charge in [-0.2, -0.15) is 13.2 Å². The highest BCUT2D eigenvalue weighted by molar-refractivity contribution is 7.89. The molecule has 6 nitrogen and oxygen atoms in total. The lowest BCUT2D eigenvalue weighted by molar-refractivity contribution is -0.138. The van der Waals surface area contributed by atoms with E-state index < -0.39 is 26.7 Å². The van der Waals surface area contributed by atoms with Crippen molar-refractivity contribution in [1.82, 2.24) is 14.5 Å². The second-order valence-corrected chi connectivity index (χ2v) is 8.92.